The first-order chi connectivity index (χ1) is 11.4. The average Bonchev–Trinajstić information content (AvgIpc) is 2.57. The fourth-order valence-corrected chi connectivity index (χ4v) is 2.90. The Labute approximate surface area is 145 Å². The summed E-state index contributed by atoms with van der Waals surface area (Å²) in [6.45, 7) is 2.28. The molecule has 0 rings (SSSR count). The third-order valence-electron chi connectivity index (χ3n) is 4.39. The summed E-state index contributed by atoms with van der Waals surface area (Å²) in [5.74, 6) is 0. The van der Waals surface area contributed by atoms with E-state index in [-0.39, 0.29) is 0 Å². The zero-order chi connectivity index (χ0) is 16.8. The highest BCUT2D eigenvalue weighted by molar-refractivity contribution is 5.66. The van der Waals surface area contributed by atoms with E-state index in [2.05, 4.69) is 13.0 Å². The number of allylic oxidation sites excluding steroid dienone is 4. The zero-order valence-electron chi connectivity index (χ0n) is 15.5. The van der Waals surface area contributed by atoms with Crippen molar-refractivity contribution in [2.24, 2.45) is 0 Å². The Morgan fingerprint density at radius 1 is 0.609 bits per heavy atom. The second-order valence-corrected chi connectivity index (χ2v) is 6.64. The molecule has 0 aliphatic rings. The molecule has 0 aliphatic carbocycles. The van der Waals surface area contributed by atoms with Gasteiger partial charge in [-0.15, -0.1) is 0 Å². The summed E-state index contributed by atoms with van der Waals surface area (Å²) < 4.78 is 0. The van der Waals surface area contributed by atoms with Gasteiger partial charge in [0.15, 0.2) is 0 Å². The van der Waals surface area contributed by atoms with Crippen molar-refractivity contribution in [3.05, 3.63) is 24.3 Å². The van der Waals surface area contributed by atoms with Crippen molar-refractivity contribution in [2.75, 3.05) is 0 Å². The molecule has 0 saturated heterocycles. The van der Waals surface area contributed by atoms with Crippen LogP contribution in [0.3, 0.4) is 0 Å². The summed E-state index contributed by atoms with van der Waals surface area (Å²) in [4.78, 5) is 9.94. The molecule has 0 heterocycles. The van der Waals surface area contributed by atoms with Gasteiger partial charge in [-0.25, -0.2) is 0 Å². The highest BCUT2D eigenvalue weighted by Gasteiger charge is 1.93. The molecule has 0 N–H and O–H groups in total. The maximum Gasteiger partial charge on any atom is 0.225 e. The lowest BCUT2D eigenvalue weighted by Crippen LogP contribution is -1.83. The van der Waals surface area contributed by atoms with E-state index in [0.717, 1.165) is 6.42 Å². The fraction of sp³-hybridized carbons (Fsp3) is 0.773. The minimum absolute atomic E-state index is 1.13. The van der Waals surface area contributed by atoms with E-state index in [1.807, 2.05) is 6.08 Å². The van der Waals surface area contributed by atoms with Crippen LogP contribution in [0.25, 0.3) is 0 Å². The molecule has 0 spiro atoms. The number of rotatable bonds is 18. The highest BCUT2D eigenvalue weighted by atomic mass is 16.1. The molecule has 0 aromatic rings. The normalized spacial score (nSPS) is 11.7. The van der Waals surface area contributed by atoms with Crippen molar-refractivity contribution >= 4 is 6.29 Å². The molecule has 0 atom stereocenters. The molecule has 0 aromatic carbocycles. The van der Waals surface area contributed by atoms with Crippen LogP contribution in [0, 0.1) is 0 Å². The minimum atomic E-state index is 1.13. The van der Waals surface area contributed by atoms with E-state index in [9.17, 15) is 4.79 Å². The maximum absolute atomic E-state index is 9.94. The Morgan fingerprint density at radius 3 is 1.48 bits per heavy atom. The third kappa shape index (κ3) is 21.1. The number of carbonyl (C=O) groups excluding carboxylic acids is 1. The van der Waals surface area contributed by atoms with Gasteiger partial charge in [0.25, 0.3) is 0 Å². The lowest BCUT2D eigenvalue weighted by molar-refractivity contribution is 0.533. The van der Waals surface area contributed by atoms with Crippen LogP contribution >= 0.6 is 0 Å². The Balaban J connectivity index is 3.04. The summed E-state index contributed by atoms with van der Waals surface area (Å²) in [5, 5.41) is 0. The lowest BCUT2D eigenvalue weighted by Gasteiger charge is -2.03. The third-order valence-corrected chi connectivity index (χ3v) is 4.39. The topological polar surface area (TPSA) is 17.1 Å². The Kier molecular flexibility index (Phi) is 20.4. The molecular formula is C22H39O. The van der Waals surface area contributed by atoms with E-state index in [1.54, 1.807) is 12.4 Å². The maximum atomic E-state index is 9.94. The van der Waals surface area contributed by atoms with Crippen LogP contribution in [0.2, 0.25) is 0 Å². The van der Waals surface area contributed by atoms with Gasteiger partial charge in [0.05, 0.1) is 0 Å². The zero-order valence-corrected chi connectivity index (χ0v) is 15.5. The summed E-state index contributed by atoms with van der Waals surface area (Å²) in [7, 11) is 0. The molecule has 1 heteroatoms. The largest absolute Gasteiger partial charge is 0.286 e. The number of hydrogen-bond acceptors (Lipinski definition) is 1. The SMILES string of the molecule is CCCCCCCCCCCCCCCCC/C=C/C=C/[C]=O. The van der Waals surface area contributed by atoms with Crippen LogP contribution < -0.4 is 0 Å². The molecule has 23 heavy (non-hydrogen) atoms. The second-order valence-electron chi connectivity index (χ2n) is 6.64. The summed E-state index contributed by atoms with van der Waals surface area (Å²) in [6.07, 6.45) is 31.3. The summed E-state index contributed by atoms with van der Waals surface area (Å²) >= 11 is 0. The van der Waals surface area contributed by atoms with Crippen LogP contribution in [-0.2, 0) is 4.79 Å². The van der Waals surface area contributed by atoms with Crippen molar-refractivity contribution < 1.29 is 4.79 Å². The molecule has 0 unspecified atom stereocenters. The van der Waals surface area contributed by atoms with E-state index >= 15 is 0 Å². The predicted octanol–water partition coefficient (Wildman–Crippen LogP) is 7.47. The van der Waals surface area contributed by atoms with Gasteiger partial charge >= 0.3 is 0 Å². The first kappa shape index (κ1) is 22.1. The van der Waals surface area contributed by atoms with E-state index < -0.39 is 0 Å². The van der Waals surface area contributed by atoms with E-state index in [1.165, 1.54) is 102 Å². The van der Waals surface area contributed by atoms with Crippen molar-refractivity contribution in [3.8, 4) is 0 Å². The molecule has 0 amide bonds. The summed E-state index contributed by atoms with van der Waals surface area (Å²) in [6, 6.07) is 0. The van der Waals surface area contributed by atoms with Gasteiger partial charge < -0.3 is 0 Å². The smallest absolute Gasteiger partial charge is 0.225 e. The van der Waals surface area contributed by atoms with Crippen LogP contribution in [0.4, 0.5) is 0 Å². The molecule has 1 nitrogen and oxygen atoms in total. The van der Waals surface area contributed by atoms with Gasteiger partial charge in [-0.1, -0.05) is 115 Å². The molecular weight excluding hydrogens is 280 g/mol. The van der Waals surface area contributed by atoms with E-state index in [4.69, 9.17) is 0 Å². The van der Waals surface area contributed by atoms with Gasteiger partial charge in [0.2, 0.25) is 6.29 Å². The monoisotopic (exact) mass is 319 g/mol. The average molecular weight is 320 g/mol. The molecule has 0 saturated carbocycles. The Morgan fingerprint density at radius 2 is 1.04 bits per heavy atom. The summed E-state index contributed by atoms with van der Waals surface area (Å²) in [5.41, 5.74) is 0. The standard InChI is InChI=1S/C22H39O/c1-2-3-4-5-6-7-8-9-10-11-12-13-14-15-16-17-18-19-20-21-22-23/h18-21H,2-17H2,1H3/b19-18+,21-20+. The molecule has 0 aliphatic heterocycles. The molecule has 133 valence electrons. The Bertz CT molecular complexity index is 278. The lowest BCUT2D eigenvalue weighted by atomic mass is 10.0. The van der Waals surface area contributed by atoms with Gasteiger partial charge in [0.1, 0.15) is 0 Å². The van der Waals surface area contributed by atoms with Crippen molar-refractivity contribution in [1.82, 2.24) is 0 Å². The van der Waals surface area contributed by atoms with Crippen molar-refractivity contribution in [1.29, 1.82) is 0 Å². The van der Waals surface area contributed by atoms with Crippen LogP contribution in [0.1, 0.15) is 110 Å². The molecule has 0 aromatic heterocycles. The first-order valence-corrected chi connectivity index (χ1v) is 10.1. The van der Waals surface area contributed by atoms with E-state index in [0.29, 0.717) is 0 Å². The van der Waals surface area contributed by atoms with Crippen molar-refractivity contribution in [2.45, 2.75) is 110 Å². The molecule has 0 bridgehead atoms. The fourth-order valence-electron chi connectivity index (χ4n) is 2.90. The van der Waals surface area contributed by atoms with Gasteiger partial charge in [0, 0.05) is 0 Å². The van der Waals surface area contributed by atoms with Gasteiger partial charge in [-0.05, 0) is 18.9 Å². The molecule has 0 fully saturated rings. The number of hydrogen-bond donors (Lipinski definition) is 0. The number of unbranched alkanes of at least 4 members (excludes halogenated alkanes) is 15. The first-order valence-electron chi connectivity index (χ1n) is 10.1. The van der Waals surface area contributed by atoms with Crippen molar-refractivity contribution in [3.63, 3.8) is 0 Å². The quantitative estimate of drug-likeness (QED) is 0.145. The second kappa shape index (κ2) is 21.1. The van der Waals surface area contributed by atoms with Crippen LogP contribution in [0.15, 0.2) is 24.3 Å². The van der Waals surface area contributed by atoms with Crippen LogP contribution in [-0.4, -0.2) is 6.29 Å². The van der Waals surface area contributed by atoms with Gasteiger partial charge in [-0.2, -0.15) is 0 Å². The predicted molar refractivity (Wildman–Crippen MR) is 104 cm³/mol. The Hall–Kier alpha value is -0.850. The molecule has 1 radical (unpaired) electrons. The van der Waals surface area contributed by atoms with Crippen LogP contribution in [0.5, 0.6) is 0 Å². The highest BCUT2D eigenvalue weighted by Crippen LogP contribution is 2.13. The minimum Gasteiger partial charge on any atom is -0.286 e. The van der Waals surface area contributed by atoms with Gasteiger partial charge in [-0.3, -0.25) is 4.79 Å².